The van der Waals surface area contributed by atoms with Crippen LogP contribution in [-0.4, -0.2) is 52.1 Å². The molecule has 3 aromatic heterocycles. The molecule has 0 aliphatic carbocycles. The van der Waals surface area contributed by atoms with Crippen molar-refractivity contribution in [3.05, 3.63) is 29.7 Å². The first-order valence-electron chi connectivity index (χ1n) is 8.90. The molecular formula is C18H20N6O2S. The van der Waals surface area contributed by atoms with Gasteiger partial charge in [-0.3, -0.25) is 4.79 Å². The Morgan fingerprint density at radius 2 is 2.04 bits per heavy atom. The summed E-state index contributed by atoms with van der Waals surface area (Å²) in [6.45, 7) is 5.28. The minimum absolute atomic E-state index is 0.0362. The number of hydrogen-bond acceptors (Lipinski definition) is 8. The number of fused-ring (bicyclic) bond motifs is 1. The van der Waals surface area contributed by atoms with Crippen molar-refractivity contribution in [2.75, 3.05) is 31.2 Å². The number of carbonyl (C=O) groups is 1. The number of anilines is 1. The van der Waals surface area contributed by atoms with Gasteiger partial charge in [-0.05, 0) is 6.07 Å². The Balaban J connectivity index is 1.76. The van der Waals surface area contributed by atoms with Gasteiger partial charge in [0, 0.05) is 36.8 Å². The minimum Gasteiger partial charge on any atom is -0.378 e. The summed E-state index contributed by atoms with van der Waals surface area (Å²) in [6.07, 6.45) is 5.40. The third-order valence-electron chi connectivity index (χ3n) is 4.33. The fourth-order valence-corrected chi connectivity index (χ4v) is 3.88. The average Bonchev–Trinajstić information content (AvgIpc) is 3.15. The molecule has 0 atom stereocenters. The van der Waals surface area contributed by atoms with E-state index in [1.807, 2.05) is 6.92 Å². The van der Waals surface area contributed by atoms with Crippen LogP contribution in [0.15, 0.2) is 24.8 Å². The van der Waals surface area contributed by atoms with Crippen LogP contribution in [0.5, 0.6) is 0 Å². The van der Waals surface area contributed by atoms with Crippen LogP contribution in [-0.2, 0) is 16.1 Å². The second-order valence-corrected chi connectivity index (χ2v) is 7.27. The van der Waals surface area contributed by atoms with E-state index in [0.29, 0.717) is 32.0 Å². The molecule has 0 unspecified atom stereocenters. The summed E-state index contributed by atoms with van der Waals surface area (Å²) in [5.74, 6) is 1.54. The SMILES string of the molecule is CCC(=O)NCc1cc2c(N3CCOCC3)nc(-c3cncnc3)nc2s1. The van der Waals surface area contributed by atoms with Gasteiger partial charge in [-0.2, -0.15) is 0 Å². The molecule has 9 heteroatoms. The number of carbonyl (C=O) groups excluding carboxylic acids is 1. The van der Waals surface area contributed by atoms with E-state index in [2.05, 4.69) is 26.3 Å². The Hall–Kier alpha value is -2.65. The first-order valence-corrected chi connectivity index (χ1v) is 9.71. The van der Waals surface area contributed by atoms with Crippen LogP contribution in [0.2, 0.25) is 0 Å². The number of morpholine rings is 1. The van der Waals surface area contributed by atoms with Crippen LogP contribution in [0.3, 0.4) is 0 Å². The Bertz CT molecular complexity index is 940. The molecule has 3 aromatic rings. The predicted octanol–water partition coefficient (Wildman–Crippen LogP) is 2.01. The molecule has 140 valence electrons. The van der Waals surface area contributed by atoms with E-state index in [1.54, 1.807) is 23.7 Å². The number of nitrogens with zero attached hydrogens (tertiary/aromatic N) is 5. The van der Waals surface area contributed by atoms with Crippen LogP contribution in [0, 0.1) is 0 Å². The second kappa shape index (κ2) is 7.93. The molecule has 0 aromatic carbocycles. The zero-order chi connectivity index (χ0) is 18.6. The molecule has 1 saturated heterocycles. The topological polar surface area (TPSA) is 93.1 Å². The Labute approximate surface area is 160 Å². The first-order chi connectivity index (χ1) is 13.2. The van der Waals surface area contributed by atoms with Crippen molar-refractivity contribution in [1.29, 1.82) is 0 Å². The fourth-order valence-electron chi connectivity index (χ4n) is 2.91. The molecule has 0 bridgehead atoms. The Morgan fingerprint density at radius 1 is 1.26 bits per heavy atom. The highest BCUT2D eigenvalue weighted by Gasteiger charge is 2.20. The maximum Gasteiger partial charge on any atom is 0.220 e. The molecule has 1 aliphatic heterocycles. The third kappa shape index (κ3) is 3.88. The quantitative estimate of drug-likeness (QED) is 0.719. The number of thiophene rings is 1. The summed E-state index contributed by atoms with van der Waals surface area (Å²) in [4.78, 5) is 33.5. The van der Waals surface area contributed by atoms with Gasteiger partial charge < -0.3 is 15.0 Å². The number of amides is 1. The second-order valence-electron chi connectivity index (χ2n) is 6.16. The molecule has 4 heterocycles. The summed E-state index contributed by atoms with van der Waals surface area (Å²) in [5.41, 5.74) is 0.781. The fraction of sp³-hybridized carbons (Fsp3) is 0.389. The molecule has 0 saturated carbocycles. The Kier molecular flexibility index (Phi) is 5.21. The van der Waals surface area contributed by atoms with Crippen molar-refractivity contribution in [3.63, 3.8) is 0 Å². The van der Waals surface area contributed by atoms with Gasteiger partial charge >= 0.3 is 0 Å². The predicted molar refractivity (Wildman–Crippen MR) is 104 cm³/mol. The summed E-state index contributed by atoms with van der Waals surface area (Å²) in [5, 5.41) is 3.93. The number of aromatic nitrogens is 4. The number of rotatable bonds is 5. The molecule has 0 spiro atoms. The number of ether oxygens (including phenoxy) is 1. The molecule has 1 amide bonds. The van der Waals surface area contributed by atoms with Gasteiger partial charge in [0.25, 0.3) is 0 Å². The van der Waals surface area contributed by atoms with Crippen LogP contribution >= 0.6 is 11.3 Å². The van der Waals surface area contributed by atoms with Gasteiger partial charge in [0.1, 0.15) is 17.0 Å². The van der Waals surface area contributed by atoms with Crippen molar-refractivity contribution in [3.8, 4) is 11.4 Å². The van der Waals surface area contributed by atoms with Gasteiger partial charge in [0.2, 0.25) is 5.91 Å². The lowest BCUT2D eigenvalue weighted by atomic mass is 10.2. The molecule has 1 N–H and O–H groups in total. The summed E-state index contributed by atoms with van der Waals surface area (Å²) < 4.78 is 5.48. The van der Waals surface area contributed by atoms with Crippen LogP contribution in [0.1, 0.15) is 18.2 Å². The van der Waals surface area contributed by atoms with Crippen molar-refractivity contribution in [2.24, 2.45) is 0 Å². The van der Waals surface area contributed by atoms with Crippen molar-refractivity contribution in [1.82, 2.24) is 25.3 Å². The monoisotopic (exact) mass is 384 g/mol. The van der Waals surface area contributed by atoms with Gasteiger partial charge in [-0.1, -0.05) is 6.92 Å². The third-order valence-corrected chi connectivity index (χ3v) is 5.36. The zero-order valence-electron chi connectivity index (χ0n) is 15.0. The largest absolute Gasteiger partial charge is 0.378 e. The highest BCUT2D eigenvalue weighted by Crippen LogP contribution is 2.33. The van der Waals surface area contributed by atoms with E-state index in [0.717, 1.165) is 39.6 Å². The lowest BCUT2D eigenvalue weighted by Gasteiger charge is -2.28. The number of hydrogen-bond donors (Lipinski definition) is 1. The molecule has 1 aliphatic rings. The van der Waals surface area contributed by atoms with Gasteiger partial charge in [-0.25, -0.2) is 19.9 Å². The van der Waals surface area contributed by atoms with Crippen molar-refractivity contribution < 1.29 is 9.53 Å². The van der Waals surface area contributed by atoms with E-state index in [-0.39, 0.29) is 5.91 Å². The summed E-state index contributed by atoms with van der Waals surface area (Å²) >= 11 is 1.57. The normalized spacial score (nSPS) is 14.5. The molecule has 8 nitrogen and oxygen atoms in total. The van der Waals surface area contributed by atoms with Crippen molar-refractivity contribution in [2.45, 2.75) is 19.9 Å². The van der Waals surface area contributed by atoms with Crippen LogP contribution in [0.4, 0.5) is 5.82 Å². The van der Waals surface area contributed by atoms with E-state index >= 15 is 0 Å². The highest BCUT2D eigenvalue weighted by molar-refractivity contribution is 7.18. The smallest absolute Gasteiger partial charge is 0.220 e. The minimum atomic E-state index is 0.0362. The summed E-state index contributed by atoms with van der Waals surface area (Å²) in [6, 6.07) is 2.08. The first kappa shape index (κ1) is 17.7. The van der Waals surface area contributed by atoms with Gasteiger partial charge in [0.15, 0.2) is 5.82 Å². The number of nitrogens with one attached hydrogen (secondary N) is 1. The zero-order valence-corrected chi connectivity index (χ0v) is 15.8. The average molecular weight is 384 g/mol. The molecule has 27 heavy (non-hydrogen) atoms. The molecule has 4 rings (SSSR count). The van der Waals surface area contributed by atoms with E-state index in [1.165, 1.54) is 6.33 Å². The summed E-state index contributed by atoms with van der Waals surface area (Å²) in [7, 11) is 0. The maximum absolute atomic E-state index is 11.6. The van der Waals surface area contributed by atoms with Crippen LogP contribution in [0.25, 0.3) is 21.6 Å². The standard InChI is InChI=1S/C18H20N6O2S/c1-2-15(25)21-10-13-7-14-17(24-3-5-26-6-4-24)22-16(23-18(14)27-13)12-8-19-11-20-9-12/h7-9,11H,2-6,10H2,1H3,(H,21,25). The van der Waals surface area contributed by atoms with Gasteiger partial charge in [-0.15, -0.1) is 11.3 Å². The molecule has 1 fully saturated rings. The van der Waals surface area contributed by atoms with Crippen LogP contribution < -0.4 is 10.2 Å². The van der Waals surface area contributed by atoms with Gasteiger partial charge in [0.05, 0.1) is 30.7 Å². The van der Waals surface area contributed by atoms with E-state index in [4.69, 9.17) is 14.7 Å². The highest BCUT2D eigenvalue weighted by atomic mass is 32.1. The molecule has 0 radical (unpaired) electrons. The lowest BCUT2D eigenvalue weighted by molar-refractivity contribution is -0.120. The van der Waals surface area contributed by atoms with E-state index in [9.17, 15) is 4.79 Å². The Morgan fingerprint density at radius 3 is 2.78 bits per heavy atom. The van der Waals surface area contributed by atoms with Crippen molar-refractivity contribution >= 4 is 33.3 Å². The molecular weight excluding hydrogens is 364 g/mol. The van der Waals surface area contributed by atoms with E-state index < -0.39 is 0 Å². The maximum atomic E-state index is 11.6. The lowest BCUT2D eigenvalue weighted by Crippen LogP contribution is -2.37.